The third kappa shape index (κ3) is 0.678. The number of piperidine rings is 1. The molecule has 1 nitrogen and oxygen atoms in total. The molecule has 1 aliphatic heterocycles. The van der Waals surface area contributed by atoms with Gasteiger partial charge in [0.05, 0.1) is 6.04 Å². The van der Waals surface area contributed by atoms with E-state index in [9.17, 15) is 4.39 Å². The van der Waals surface area contributed by atoms with Crippen LogP contribution in [-0.2, 0) is 0 Å². The Hall–Kier alpha value is -0.530. The van der Waals surface area contributed by atoms with E-state index in [-0.39, 0.29) is 12.0 Å². The van der Waals surface area contributed by atoms with Gasteiger partial charge in [-0.3, -0.25) is 0 Å². The first kappa shape index (κ1) is 6.20. The molecule has 0 aromatic carbocycles. The second-order valence-electron chi connectivity index (χ2n) is 3.48. The highest BCUT2D eigenvalue weighted by Crippen LogP contribution is 2.46. The summed E-state index contributed by atoms with van der Waals surface area (Å²) in [6.07, 6.45) is 0.343. The van der Waals surface area contributed by atoms with Crippen molar-refractivity contribution in [2.24, 2.45) is 11.8 Å². The summed E-state index contributed by atoms with van der Waals surface area (Å²) in [5.41, 5.74) is 1.01. The van der Waals surface area contributed by atoms with E-state index in [1.807, 2.05) is 0 Å². The van der Waals surface area contributed by atoms with Crippen molar-refractivity contribution < 1.29 is 4.39 Å². The van der Waals surface area contributed by atoms with Crippen molar-refractivity contribution in [2.75, 3.05) is 0 Å². The number of halogens is 1. The topological polar surface area (TPSA) is 12.0 Å². The molecule has 1 heterocycles. The summed E-state index contributed by atoms with van der Waals surface area (Å²) in [5.74, 6) is 0.777. The molecule has 2 aliphatic rings. The molecule has 2 fully saturated rings. The first-order valence-corrected chi connectivity index (χ1v) is 3.78. The maximum Gasteiger partial charge on any atom is 0.126 e. The van der Waals surface area contributed by atoms with Gasteiger partial charge in [-0.1, -0.05) is 13.5 Å². The second kappa shape index (κ2) is 1.74. The first-order valence-electron chi connectivity index (χ1n) is 3.78. The predicted octanol–water partition coefficient (Wildman–Crippen LogP) is 1.47. The van der Waals surface area contributed by atoms with Crippen LogP contribution in [0.5, 0.6) is 0 Å². The van der Waals surface area contributed by atoms with E-state index in [1.165, 1.54) is 0 Å². The summed E-state index contributed by atoms with van der Waals surface area (Å²) in [7, 11) is 0. The van der Waals surface area contributed by atoms with Crippen molar-refractivity contribution in [3.63, 3.8) is 0 Å². The van der Waals surface area contributed by atoms with Crippen molar-refractivity contribution in [1.82, 2.24) is 5.32 Å². The van der Waals surface area contributed by atoms with Crippen LogP contribution in [0.25, 0.3) is 0 Å². The highest BCUT2D eigenvalue weighted by molar-refractivity contribution is 5.17. The van der Waals surface area contributed by atoms with Gasteiger partial charge in [0.25, 0.3) is 0 Å². The van der Waals surface area contributed by atoms with Gasteiger partial charge in [0, 0.05) is 11.6 Å². The third-order valence-electron chi connectivity index (χ3n) is 2.58. The van der Waals surface area contributed by atoms with Gasteiger partial charge in [-0.05, 0) is 12.3 Å². The summed E-state index contributed by atoms with van der Waals surface area (Å²) in [5, 5.41) is 3.06. The van der Waals surface area contributed by atoms with E-state index in [0.717, 1.165) is 12.1 Å². The summed E-state index contributed by atoms with van der Waals surface area (Å²) in [4.78, 5) is 0. The Bertz CT molecular complexity index is 168. The minimum Gasteiger partial charge on any atom is -0.383 e. The Balaban J connectivity index is 2.09. The van der Waals surface area contributed by atoms with E-state index in [2.05, 4.69) is 18.8 Å². The van der Waals surface area contributed by atoms with Gasteiger partial charge < -0.3 is 5.32 Å². The van der Waals surface area contributed by atoms with Crippen LogP contribution in [0.3, 0.4) is 0 Å². The standard InChI is InChI=1S/C8H12FN/c1-4-3-5(2)10-8-6(4)7(8)9/h4,6-8,10H,2-3H2,1H3/t4-,6+,7-,8+/m1/s1. The Morgan fingerprint density at radius 3 is 3.00 bits per heavy atom. The fourth-order valence-corrected chi connectivity index (χ4v) is 1.96. The molecule has 0 aromatic heterocycles. The molecule has 1 N–H and O–H groups in total. The Kier molecular flexibility index (Phi) is 1.08. The molecule has 0 spiro atoms. The largest absolute Gasteiger partial charge is 0.383 e. The fourth-order valence-electron chi connectivity index (χ4n) is 1.96. The van der Waals surface area contributed by atoms with E-state index >= 15 is 0 Å². The van der Waals surface area contributed by atoms with Gasteiger partial charge in [-0.25, -0.2) is 4.39 Å². The Labute approximate surface area is 60.3 Å². The van der Waals surface area contributed by atoms with Gasteiger partial charge in [0.1, 0.15) is 6.17 Å². The highest BCUT2D eigenvalue weighted by Gasteiger charge is 2.56. The zero-order valence-electron chi connectivity index (χ0n) is 6.10. The molecule has 0 unspecified atom stereocenters. The number of fused-ring (bicyclic) bond motifs is 1. The smallest absolute Gasteiger partial charge is 0.126 e. The van der Waals surface area contributed by atoms with E-state index in [1.54, 1.807) is 0 Å². The maximum absolute atomic E-state index is 12.8. The maximum atomic E-state index is 12.8. The monoisotopic (exact) mass is 141 g/mol. The van der Waals surface area contributed by atoms with Crippen molar-refractivity contribution in [2.45, 2.75) is 25.6 Å². The molecular formula is C8H12FN. The number of alkyl halides is 1. The quantitative estimate of drug-likeness (QED) is 0.538. The summed E-state index contributed by atoms with van der Waals surface area (Å²) >= 11 is 0. The molecule has 2 heteroatoms. The minimum atomic E-state index is -0.603. The molecule has 1 aliphatic carbocycles. The SMILES string of the molecule is C=C1C[C@@H](C)[C@H]2[C@@H](F)[C@H]2N1. The molecule has 2 rings (SSSR count). The highest BCUT2D eigenvalue weighted by atomic mass is 19.1. The minimum absolute atomic E-state index is 0.108. The summed E-state index contributed by atoms with van der Waals surface area (Å²) < 4.78 is 12.8. The predicted molar refractivity (Wildman–Crippen MR) is 38.2 cm³/mol. The van der Waals surface area contributed by atoms with Crippen molar-refractivity contribution >= 4 is 0 Å². The van der Waals surface area contributed by atoms with E-state index < -0.39 is 6.17 Å². The molecule has 0 amide bonds. The van der Waals surface area contributed by atoms with E-state index in [4.69, 9.17) is 0 Å². The number of hydrogen-bond donors (Lipinski definition) is 1. The molecule has 56 valence electrons. The zero-order valence-corrected chi connectivity index (χ0v) is 6.10. The fraction of sp³-hybridized carbons (Fsp3) is 0.750. The summed E-state index contributed by atoms with van der Waals surface area (Å²) in [6.45, 7) is 5.90. The van der Waals surface area contributed by atoms with Crippen LogP contribution in [-0.4, -0.2) is 12.2 Å². The first-order chi connectivity index (χ1) is 4.70. The number of rotatable bonds is 0. The number of allylic oxidation sites excluding steroid dienone is 1. The molecule has 0 bridgehead atoms. The molecule has 0 radical (unpaired) electrons. The van der Waals surface area contributed by atoms with Gasteiger partial charge in [-0.2, -0.15) is 0 Å². The lowest BCUT2D eigenvalue weighted by atomic mass is 9.97. The Morgan fingerprint density at radius 2 is 2.40 bits per heavy atom. The van der Waals surface area contributed by atoms with Gasteiger partial charge >= 0.3 is 0 Å². The molecule has 4 atom stereocenters. The lowest BCUT2D eigenvalue weighted by Crippen LogP contribution is -2.26. The lowest BCUT2D eigenvalue weighted by Gasteiger charge is -2.19. The van der Waals surface area contributed by atoms with Crippen LogP contribution in [0.15, 0.2) is 12.3 Å². The normalized spacial score (nSPS) is 51.6. The average molecular weight is 141 g/mol. The van der Waals surface area contributed by atoms with Crippen molar-refractivity contribution in [3.05, 3.63) is 12.3 Å². The lowest BCUT2D eigenvalue weighted by molar-refractivity contribution is 0.382. The molecule has 1 saturated heterocycles. The second-order valence-corrected chi connectivity index (χ2v) is 3.48. The third-order valence-corrected chi connectivity index (χ3v) is 2.58. The van der Waals surface area contributed by atoms with Crippen LogP contribution in [0.1, 0.15) is 13.3 Å². The van der Waals surface area contributed by atoms with Gasteiger partial charge in [-0.15, -0.1) is 0 Å². The van der Waals surface area contributed by atoms with Gasteiger partial charge in [0.2, 0.25) is 0 Å². The molecular weight excluding hydrogens is 129 g/mol. The van der Waals surface area contributed by atoms with E-state index in [0.29, 0.717) is 5.92 Å². The van der Waals surface area contributed by atoms with Crippen LogP contribution in [0, 0.1) is 11.8 Å². The number of hydrogen-bond acceptors (Lipinski definition) is 1. The number of nitrogens with one attached hydrogen (secondary N) is 1. The van der Waals surface area contributed by atoms with Crippen LogP contribution < -0.4 is 5.32 Å². The van der Waals surface area contributed by atoms with Gasteiger partial charge in [0.15, 0.2) is 0 Å². The average Bonchev–Trinajstić information content (AvgIpc) is 2.42. The van der Waals surface area contributed by atoms with Crippen LogP contribution in [0.2, 0.25) is 0 Å². The molecule has 10 heavy (non-hydrogen) atoms. The van der Waals surface area contributed by atoms with Crippen LogP contribution >= 0.6 is 0 Å². The van der Waals surface area contributed by atoms with Crippen LogP contribution in [0.4, 0.5) is 4.39 Å². The van der Waals surface area contributed by atoms with Crippen molar-refractivity contribution in [3.8, 4) is 0 Å². The summed E-state index contributed by atoms with van der Waals surface area (Å²) in [6, 6.07) is 0.108. The molecule has 1 saturated carbocycles. The molecule has 0 aromatic rings. The Morgan fingerprint density at radius 1 is 1.70 bits per heavy atom. The van der Waals surface area contributed by atoms with Crippen molar-refractivity contribution in [1.29, 1.82) is 0 Å². The zero-order chi connectivity index (χ0) is 7.30.